The van der Waals surface area contributed by atoms with Gasteiger partial charge in [-0.05, 0) is 12.3 Å². The predicted molar refractivity (Wildman–Crippen MR) is 87.6 cm³/mol. The zero-order valence-electron chi connectivity index (χ0n) is 14.9. The molecule has 0 rings (SSSR count). The number of quaternary nitrogens is 1. The summed E-state index contributed by atoms with van der Waals surface area (Å²) in [5.41, 5.74) is 0. The molecule has 130 valence electrons. The molecule has 0 fully saturated rings. The van der Waals surface area contributed by atoms with Gasteiger partial charge in [0.25, 0.3) is 0 Å². The van der Waals surface area contributed by atoms with Crippen LogP contribution >= 0.6 is 0 Å². The highest BCUT2D eigenvalue weighted by Gasteiger charge is 2.24. The molecular weight excluding hydrogens is 282 g/mol. The van der Waals surface area contributed by atoms with Gasteiger partial charge in [0.2, 0.25) is 0 Å². The molecular formula is C17H34NO4+. The summed E-state index contributed by atoms with van der Waals surface area (Å²) in [6.45, 7) is 4.84. The maximum absolute atomic E-state index is 11.9. The van der Waals surface area contributed by atoms with Crippen molar-refractivity contribution in [3.05, 3.63) is 0 Å². The Morgan fingerprint density at radius 1 is 1.14 bits per heavy atom. The van der Waals surface area contributed by atoms with E-state index in [-0.39, 0.29) is 12.4 Å². The van der Waals surface area contributed by atoms with E-state index in [1.165, 1.54) is 19.3 Å². The molecule has 0 bridgehead atoms. The van der Waals surface area contributed by atoms with Crippen molar-refractivity contribution in [2.75, 3.05) is 27.7 Å². The Morgan fingerprint density at radius 2 is 1.77 bits per heavy atom. The number of ether oxygens (including phenoxy) is 1. The molecule has 0 heterocycles. The third-order valence-corrected chi connectivity index (χ3v) is 3.59. The number of carbonyl (C=O) groups excluding carboxylic acids is 1. The zero-order valence-corrected chi connectivity index (χ0v) is 14.9. The van der Waals surface area contributed by atoms with Crippen LogP contribution in [0.1, 0.15) is 58.8 Å². The van der Waals surface area contributed by atoms with Crippen molar-refractivity contribution in [3.63, 3.8) is 0 Å². The number of esters is 1. The molecule has 5 heteroatoms. The minimum absolute atomic E-state index is 0.132. The van der Waals surface area contributed by atoms with E-state index in [0.717, 1.165) is 12.8 Å². The van der Waals surface area contributed by atoms with E-state index in [9.17, 15) is 9.59 Å². The minimum Gasteiger partial charge on any atom is -0.481 e. The van der Waals surface area contributed by atoms with Crippen LogP contribution in [0.2, 0.25) is 0 Å². The van der Waals surface area contributed by atoms with Crippen molar-refractivity contribution in [2.24, 2.45) is 5.92 Å². The SMILES string of the molecule is CCCCCC(C)CCC(=O)O[C@H](CC(=O)O)C[N+](C)(C)C. The summed E-state index contributed by atoms with van der Waals surface area (Å²) < 4.78 is 5.95. The van der Waals surface area contributed by atoms with Crippen molar-refractivity contribution in [1.82, 2.24) is 0 Å². The second-order valence-electron chi connectivity index (χ2n) is 7.32. The molecule has 0 aromatic carbocycles. The molecule has 0 spiro atoms. The van der Waals surface area contributed by atoms with E-state index in [1.54, 1.807) is 0 Å². The van der Waals surface area contributed by atoms with E-state index < -0.39 is 12.1 Å². The minimum atomic E-state index is -0.931. The first-order valence-corrected chi connectivity index (χ1v) is 8.35. The van der Waals surface area contributed by atoms with Crippen molar-refractivity contribution < 1.29 is 23.9 Å². The summed E-state index contributed by atoms with van der Waals surface area (Å²) in [5.74, 6) is -0.698. The molecule has 0 saturated carbocycles. The molecule has 0 aromatic rings. The van der Waals surface area contributed by atoms with Gasteiger partial charge in [-0.15, -0.1) is 0 Å². The maximum Gasteiger partial charge on any atom is 0.307 e. The average molecular weight is 316 g/mol. The van der Waals surface area contributed by atoms with Crippen LogP contribution in [0.15, 0.2) is 0 Å². The van der Waals surface area contributed by atoms with E-state index >= 15 is 0 Å². The highest BCUT2D eigenvalue weighted by molar-refractivity contribution is 5.71. The van der Waals surface area contributed by atoms with Crippen LogP contribution in [0.4, 0.5) is 0 Å². The van der Waals surface area contributed by atoms with Gasteiger partial charge in [0, 0.05) is 6.42 Å². The Kier molecular flexibility index (Phi) is 10.1. The van der Waals surface area contributed by atoms with E-state index in [1.807, 2.05) is 21.1 Å². The largest absolute Gasteiger partial charge is 0.481 e. The lowest BCUT2D eigenvalue weighted by atomic mass is 9.98. The van der Waals surface area contributed by atoms with Crippen LogP contribution in [0.25, 0.3) is 0 Å². The van der Waals surface area contributed by atoms with Crippen molar-refractivity contribution in [1.29, 1.82) is 0 Å². The monoisotopic (exact) mass is 316 g/mol. The van der Waals surface area contributed by atoms with Crippen LogP contribution in [0.3, 0.4) is 0 Å². The Hall–Kier alpha value is -1.10. The summed E-state index contributed by atoms with van der Waals surface area (Å²) in [6, 6.07) is 0. The van der Waals surface area contributed by atoms with Gasteiger partial charge >= 0.3 is 11.9 Å². The molecule has 0 saturated heterocycles. The molecule has 0 aliphatic carbocycles. The molecule has 1 N–H and O–H groups in total. The predicted octanol–water partition coefficient (Wildman–Crippen LogP) is 3.08. The van der Waals surface area contributed by atoms with E-state index in [2.05, 4.69) is 13.8 Å². The Labute approximate surface area is 135 Å². The molecule has 22 heavy (non-hydrogen) atoms. The van der Waals surface area contributed by atoms with Gasteiger partial charge in [0.1, 0.15) is 6.54 Å². The molecule has 0 radical (unpaired) electrons. The van der Waals surface area contributed by atoms with Crippen LogP contribution in [0, 0.1) is 5.92 Å². The van der Waals surface area contributed by atoms with Crippen LogP contribution in [-0.2, 0) is 14.3 Å². The van der Waals surface area contributed by atoms with Gasteiger partial charge in [-0.1, -0.05) is 39.5 Å². The third-order valence-electron chi connectivity index (χ3n) is 3.59. The van der Waals surface area contributed by atoms with Crippen molar-refractivity contribution in [3.8, 4) is 0 Å². The summed E-state index contributed by atoms with van der Waals surface area (Å²) in [6.07, 6.45) is 5.28. The standard InChI is InChI=1S/C17H33NO4/c1-6-7-8-9-14(2)10-11-17(21)22-15(12-16(19)20)13-18(3,4)5/h14-15H,6-13H2,1-5H3/p+1/t14?,15-/m1/s1. The third kappa shape index (κ3) is 12.6. The summed E-state index contributed by atoms with van der Waals surface area (Å²) in [7, 11) is 5.87. The number of likely N-dealkylation sites (N-methyl/N-ethyl adjacent to an activating group) is 1. The second kappa shape index (κ2) is 10.6. The first-order valence-electron chi connectivity index (χ1n) is 8.35. The van der Waals surface area contributed by atoms with Crippen molar-refractivity contribution >= 4 is 11.9 Å². The summed E-state index contributed by atoms with van der Waals surface area (Å²) in [5, 5.41) is 8.93. The lowest BCUT2D eigenvalue weighted by molar-refractivity contribution is -0.873. The molecule has 0 aromatic heterocycles. The van der Waals surface area contributed by atoms with Crippen molar-refractivity contribution in [2.45, 2.75) is 64.9 Å². The average Bonchev–Trinajstić information content (AvgIpc) is 2.33. The van der Waals surface area contributed by atoms with Gasteiger partial charge in [-0.25, -0.2) is 0 Å². The van der Waals surface area contributed by atoms with Gasteiger partial charge in [-0.3, -0.25) is 9.59 Å². The van der Waals surface area contributed by atoms with Gasteiger partial charge in [0.15, 0.2) is 6.10 Å². The molecule has 0 aliphatic rings. The number of hydrogen-bond donors (Lipinski definition) is 1. The van der Waals surface area contributed by atoms with Gasteiger partial charge in [-0.2, -0.15) is 0 Å². The zero-order chi connectivity index (χ0) is 17.2. The number of carboxylic acids is 1. The number of carbonyl (C=O) groups is 2. The summed E-state index contributed by atoms with van der Waals surface area (Å²) >= 11 is 0. The van der Waals surface area contributed by atoms with Crippen LogP contribution in [-0.4, -0.2) is 55.3 Å². The number of rotatable bonds is 12. The quantitative estimate of drug-likeness (QED) is 0.341. The van der Waals surface area contributed by atoms with Gasteiger partial charge in [0.05, 0.1) is 27.6 Å². The van der Waals surface area contributed by atoms with E-state index in [0.29, 0.717) is 23.4 Å². The Bertz CT molecular complexity index is 336. The topological polar surface area (TPSA) is 63.6 Å². The van der Waals surface area contributed by atoms with Crippen LogP contribution in [0.5, 0.6) is 0 Å². The highest BCUT2D eigenvalue weighted by Crippen LogP contribution is 2.16. The Balaban J connectivity index is 4.18. The molecule has 2 atom stereocenters. The lowest BCUT2D eigenvalue weighted by Crippen LogP contribution is -2.43. The highest BCUT2D eigenvalue weighted by atomic mass is 16.5. The second-order valence-corrected chi connectivity index (χ2v) is 7.32. The van der Waals surface area contributed by atoms with Gasteiger partial charge < -0.3 is 14.3 Å². The number of nitrogens with zero attached hydrogens (tertiary/aromatic N) is 1. The molecule has 1 unspecified atom stereocenters. The smallest absolute Gasteiger partial charge is 0.307 e. The molecule has 5 nitrogen and oxygen atoms in total. The fraction of sp³-hybridized carbons (Fsp3) is 0.882. The lowest BCUT2D eigenvalue weighted by Gasteiger charge is -2.28. The normalized spacial score (nSPS) is 14.4. The maximum atomic E-state index is 11.9. The fourth-order valence-electron chi connectivity index (χ4n) is 2.45. The van der Waals surface area contributed by atoms with Crippen LogP contribution < -0.4 is 0 Å². The summed E-state index contributed by atoms with van der Waals surface area (Å²) in [4.78, 5) is 22.8. The first kappa shape index (κ1) is 20.9. The molecule has 0 amide bonds. The number of carboxylic acid groups (broad SMARTS) is 1. The first-order chi connectivity index (χ1) is 10.1. The fourth-order valence-corrected chi connectivity index (χ4v) is 2.45. The van der Waals surface area contributed by atoms with E-state index in [4.69, 9.17) is 9.84 Å². The number of unbranched alkanes of at least 4 members (excludes halogenated alkanes) is 2. The number of hydrogen-bond acceptors (Lipinski definition) is 3. The Morgan fingerprint density at radius 3 is 2.27 bits per heavy atom. The molecule has 0 aliphatic heterocycles. The number of aliphatic carboxylic acids is 1.